The first-order valence-corrected chi connectivity index (χ1v) is 11.7. The molecule has 8 heteroatoms. The van der Waals surface area contributed by atoms with Crippen LogP contribution in [0.2, 0.25) is 0 Å². The second-order valence-corrected chi connectivity index (χ2v) is 8.80. The summed E-state index contributed by atoms with van der Waals surface area (Å²) < 4.78 is 16.6. The maximum Gasteiger partial charge on any atom is 0.241 e. The van der Waals surface area contributed by atoms with Crippen molar-refractivity contribution >= 4 is 5.91 Å². The lowest BCUT2D eigenvalue weighted by Gasteiger charge is -2.30. The van der Waals surface area contributed by atoms with Crippen LogP contribution in [0.25, 0.3) is 11.4 Å². The Morgan fingerprint density at radius 2 is 1.85 bits per heavy atom. The largest absolute Gasteiger partial charge is 0.493 e. The van der Waals surface area contributed by atoms with Gasteiger partial charge in [0.25, 0.3) is 0 Å². The number of rotatable bonds is 9. The molecule has 4 rings (SSSR count). The van der Waals surface area contributed by atoms with Gasteiger partial charge in [0.1, 0.15) is 6.61 Å². The van der Waals surface area contributed by atoms with Gasteiger partial charge in [-0.1, -0.05) is 47.1 Å². The lowest BCUT2D eigenvalue weighted by molar-refractivity contribution is -0.127. The Balaban J connectivity index is 1.20. The van der Waals surface area contributed by atoms with Crippen molar-refractivity contribution in [1.82, 2.24) is 20.4 Å². The molecular weight excluding hydrogens is 432 g/mol. The van der Waals surface area contributed by atoms with Crippen LogP contribution in [0.5, 0.6) is 11.5 Å². The number of likely N-dealkylation sites (tertiary alicyclic amines) is 1. The Labute approximate surface area is 200 Å². The average Bonchev–Trinajstić information content (AvgIpc) is 3.32. The highest BCUT2D eigenvalue weighted by atomic mass is 16.5. The van der Waals surface area contributed by atoms with Crippen molar-refractivity contribution in [3.63, 3.8) is 0 Å². The summed E-state index contributed by atoms with van der Waals surface area (Å²) in [4.78, 5) is 19.5. The van der Waals surface area contributed by atoms with Gasteiger partial charge in [-0.3, -0.25) is 9.69 Å². The number of carbonyl (C=O) groups is 1. The van der Waals surface area contributed by atoms with E-state index in [1.54, 1.807) is 7.11 Å². The number of carbonyl (C=O) groups excluding carboxylic acids is 1. The molecule has 1 unspecified atom stereocenters. The molecule has 0 radical (unpaired) electrons. The molecule has 34 heavy (non-hydrogen) atoms. The van der Waals surface area contributed by atoms with Crippen LogP contribution in [0.4, 0.5) is 0 Å². The summed E-state index contributed by atoms with van der Waals surface area (Å²) in [6.07, 6.45) is 1.59. The van der Waals surface area contributed by atoms with E-state index in [9.17, 15) is 4.79 Å². The smallest absolute Gasteiger partial charge is 0.241 e. The number of nitrogens with one attached hydrogen (secondary N) is 1. The second kappa shape index (κ2) is 11.2. The third kappa shape index (κ3) is 6.14. The normalized spacial score (nSPS) is 15.6. The number of para-hydroxylation sites is 2. The maximum absolute atomic E-state index is 12.7. The van der Waals surface area contributed by atoms with Crippen molar-refractivity contribution in [2.24, 2.45) is 5.92 Å². The molecule has 180 valence electrons. The predicted molar refractivity (Wildman–Crippen MR) is 129 cm³/mol. The highest BCUT2D eigenvalue weighted by molar-refractivity contribution is 5.79. The average molecular weight is 465 g/mol. The van der Waals surface area contributed by atoms with Gasteiger partial charge >= 0.3 is 0 Å². The standard InChI is InChI=1S/C26H32N4O4/c1-18-8-10-20(11-9-18)25-28-24(34-29-25)16-30-14-12-21(13-15-30)26(31)27-19(2)17-33-23-7-5-4-6-22(23)32-3/h4-11,19,21H,12-17H2,1-3H3,(H,27,31). The third-order valence-electron chi connectivity index (χ3n) is 6.04. The Morgan fingerprint density at radius 3 is 2.56 bits per heavy atom. The molecule has 1 aliphatic heterocycles. The fraction of sp³-hybridized carbons (Fsp3) is 0.423. The fourth-order valence-corrected chi connectivity index (χ4v) is 4.04. The Kier molecular flexibility index (Phi) is 7.80. The number of hydrogen-bond acceptors (Lipinski definition) is 7. The lowest BCUT2D eigenvalue weighted by Crippen LogP contribution is -2.44. The predicted octanol–water partition coefficient (Wildman–Crippen LogP) is 3.85. The molecule has 0 saturated carbocycles. The molecule has 1 aromatic heterocycles. The first-order valence-electron chi connectivity index (χ1n) is 11.7. The second-order valence-electron chi connectivity index (χ2n) is 8.80. The molecule has 1 fully saturated rings. The Bertz CT molecular complexity index is 1070. The number of benzene rings is 2. The summed E-state index contributed by atoms with van der Waals surface area (Å²) in [7, 11) is 1.61. The van der Waals surface area contributed by atoms with Crippen molar-refractivity contribution in [2.75, 3.05) is 26.8 Å². The van der Waals surface area contributed by atoms with Crippen molar-refractivity contribution in [3.8, 4) is 22.9 Å². The van der Waals surface area contributed by atoms with Gasteiger partial charge in [0.15, 0.2) is 11.5 Å². The quantitative estimate of drug-likeness (QED) is 0.514. The van der Waals surface area contributed by atoms with Crippen molar-refractivity contribution in [2.45, 2.75) is 39.3 Å². The van der Waals surface area contributed by atoms with Crippen molar-refractivity contribution in [1.29, 1.82) is 0 Å². The summed E-state index contributed by atoms with van der Waals surface area (Å²) in [6.45, 7) is 6.59. The van der Waals surface area contributed by atoms with E-state index in [1.165, 1.54) is 5.56 Å². The third-order valence-corrected chi connectivity index (χ3v) is 6.04. The molecular formula is C26H32N4O4. The lowest BCUT2D eigenvalue weighted by atomic mass is 9.95. The van der Waals surface area contributed by atoms with Gasteiger partial charge < -0.3 is 19.3 Å². The zero-order valence-corrected chi connectivity index (χ0v) is 20.0. The zero-order chi connectivity index (χ0) is 23.9. The number of aromatic nitrogens is 2. The number of nitrogens with zero attached hydrogens (tertiary/aromatic N) is 3. The molecule has 1 aliphatic rings. The van der Waals surface area contributed by atoms with Gasteiger partial charge in [-0.2, -0.15) is 4.98 Å². The van der Waals surface area contributed by atoms with E-state index in [0.29, 0.717) is 36.4 Å². The SMILES string of the molecule is COc1ccccc1OCC(C)NC(=O)C1CCN(Cc2nc(-c3ccc(C)cc3)no2)CC1. The molecule has 0 spiro atoms. The minimum absolute atomic E-state index is 0.00392. The minimum atomic E-state index is -0.103. The van der Waals surface area contributed by atoms with Crippen LogP contribution in [0.1, 0.15) is 31.2 Å². The zero-order valence-electron chi connectivity index (χ0n) is 20.0. The van der Waals surface area contributed by atoms with Crippen molar-refractivity contribution in [3.05, 3.63) is 60.0 Å². The van der Waals surface area contributed by atoms with E-state index >= 15 is 0 Å². The topological polar surface area (TPSA) is 89.7 Å². The van der Waals surface area contributed by atoms with Gasteiger partial charge in [-0.15, -0.1) is 0 Å². The molecule has 0 bridgehead atoms. The van der Waals surface area contributed by atoms with Gasteiger partial charge in [-0.25, -0.2) is 0 Å². The molecule has 0 aliphatic carbocycles. The number of piperidine rings is 1. The first-order chi connectivity index (χ1) is 16.5. The Morgan fingerprint density at radius 1 is 1.15 bits per heavy atom. The summed E-state index contributed by atoms with van der Waals surface area (Å²) in [5.74, 6) is 2.63. The van der Waals surface area contributed by atoms with E-state index in [2.05, 4.69) is 20.4 Å². The van der Waals surface area contributed by atoms with E-state index in [0.717, 1.165) is 31.5 Å². The highest BCUT2D eigenvalue weighted by Crippen LogP contribution is 2.26. The van der Waals surface area contributed by atoms with Crippen LogP contribution in [0.15, 0.2) is 53.1 Å². The fourth-order valence-electron chi connectivity index (χ4n) is 4.04. The number of amides is 1. The van der Waals surface area contributed by atoms with Gasteiger partial charge in [0.05, 0.1) is 19.7 Å². The van der Waals surface area contributed by atoms with E-state index in [-0.39, 0.29) is 17.9 Å². The summed E-state index contributed by atoms with van der Waals surface area (Å²) >= 11 is 0. The Hall–Kier alpha value is -3.39. The van der Waals surface area contributed by atoms with Crippen LogP contribution in [-0.2, 0) is 11.3 Å². The van der Waals surface area contributed by atoms with Crippen LogP contribution >= 0.6 is 0 Å². The van der Waals surface area contributed by atoms with E-state index in [4.69, 9.17) is 14.0 Å². The molecule has 1 atom stereocenters. The van der Waals surface area contributed by atoms with Crippen LogP contribution in [0, 0.1) is 12.8 Å². The molecule has 2 aromatic carbocycles. The maximum atomic E-state index is 12.7. The molecule has 8 nitrogen and oxygen atoms in total. The van der Waals surface area contributed by atoms with E-state index < -0.39 is 0 Å². The number of hydrogen-bond donors (Lipinski definition) is 1. The first kappa shape index (κ1) is 23.8. The molecule has 2 heterocycles. The highest BCUT2D eigenvalue weighted by Gasteiger charge is 2.27. The number of methoxy groups -OCH3 is 1. The molecule has 3 aromatic rings. The minimum Gasteiger partial charge on any atom is -0.493 e. The monoisotopic (exact) mass is 464 g/mol. The van der Waals surface area contributed by atoms with Gasteiger partial charge in [0, 0.05) is 11.5 Å². The van der Waals surface area contributed by atoms with E-state index in [1.807, 2.05) is 62.4 Å². The summed E-state index contributed by atoms with van der Waals surface area (Å²) in [5, 5.41) is 7.19. The van der Waals surface area contributed by atoms with Crippen molar-refractivity contribution < 1.29 is 18.8 Å². The van der Waals surface area contributed by atoms with Crippen LogP contribution in [-0.4, -0.2) is 53.8 Å². The molecule has 1 saturated heterocycles. The van der Waals surface area contributed by atoms with Crippen LogP contribution in [0.3, 0.4) is 0 Å². The molecule has 1 N–H and O–H groups in total. The molecule has 1 amide bonds. The summed E-state index contributed by atoms with van der Waals surface area (Å²) in [5.41, 5.74) is 2.14. The summed E-state index contributed by atoms with van der Waals surface area (Å²) in [6, 6.07) is 15.5. The van der Waals surface area contributed by atoms with Gasteiger partial charge in [-0.05, 0) is 51.9 Å². The number of aryl methyl sites for hydroxylation is 1. The van der Waals surface area contributed by atoms with Gasteiger partial charge in [0.2, 0.25) is 17.6 Å². The van der Waals surface area contributed by atoms with Crippen LogP contribution < -0.4 is 14.8 Å². The number of ether oxygens (including phenoxy) is 2.